The molecule has 4 heteroatoms. The maximum Gasteiger partial charge on any atom is 0.310 e. The number of aliphatic hydroxyl groups is 1. The number of carboxylic acid groups (broad SMARTS) is 1. The fraction of sp³-hybridized carbons (Fsp3) is 0.278. The van der Waals surface area contributed by atoms with E-state index >= 15 is 0 Å². The fourth-order valence-electron chi connectivity index (χ4n) is 2.74. The fourth-order valence-corrected chi connectivity index (χ4v) is 3.83. The van der Waals surface area contributed by atoms with Crippen LogP contribution in [0.1, 0.15) is 41.2 Å². The third kappa shape index (κ3) is 2.76. The summed E-state index contributed by atoms with van der Waals surface area (Å²) in [5.74, 6) is -1.43. The molecule has 3 rings (SSSR count). The molecule has 114 valence electrons. The van der Waals surface area contributed by atoms with Crippen LogP contribution < -0.4 is 0 Å². The van der Waals surface area contributed by atoms with Crippen molar-refractivity contribution in [1.82, 2.24) is 0 Å². The van der Waals surface area contributed by atoms with Crippen LogP contribution in [0, 0.1) is 6.92 Å². The molecule has 0 radical (unpaired) electrons. The number of benzene rings is 2. The average Bonchev–Trinajstić information content (AvgIpc) is 2.62. The van der Waals surface area contributed by atoms with Crippen molar-refractivity contribution in [3.63, 3.8) is 0 Å². The van der Waals surface area contributed by atoms with Crippen LogP contribution in [0.5, 0.6) is 0 Å². The highest BCUT2D eigenvalue weighted by Crippen LogP contribution is 2.41. The second kappa shape index (κ2) is 5.78. The standard InChI is InChI=1S/C18H18O3S/c1-10-3-5-16-13(7-10)9-15(19)14-8-12(11(2)18(20)21)4-6-17(14)22-16/h3-8,11,15,19H,9H2,1-2H3,(H,20,21)/t11-,15-/m1/s1. The number of hydrogen-bond acceptors (Lipinski definition) is 3. The number of carboxylic acids is 1. The lowest BCUT2D eigenvalue weighted by atomic mass is 9.95. The molecule has 0 bridgehead atoms. The average molecular weight is 314 g/mol. The Morgan fingerprint density at radius 1 is 1.23 bits per heavy atom. The molecule has 0 saturated carbocycles. The molecule has 3 nitrogen and oxygen atoms in total. The van der Waals surface area contributed by atoms with Gasteiger partial charge in [0.1, 0.15) is 0 Å². The highest BCUT2D eigenvalue weighted by atomic mass is 32.2. The SMILES string of the molecule is Cc1ccc2c(c1)C[C@@H](O)c1cc([C@@H](C)C(=O)O)ccc1S2. The minimum absolute atomic E-state index is 0.557. The summed E-state index contributed by atoms with van der Waals surface area (Å²) in [5, 5.41) is 19.7. The van der Waals surface area contributed by atoms with Crippen molar-refractivity contribution in [2.45, 2.75) is 42.1 Å². The van der Waals surface area contributed by atoms with Crippen LogP contribution in [0.3, 0.4) is 0 Å². The van der Waals surface area contributed by atoms with Crippen molar-refractivity contribution in [3.05, 3.63) is 58.7 Å². The van der Waals surface area contributed by atoms with Gasteiger partial charge in [0, 0.05) is 16.2 Å². The number of fused-ring (bicyclic) bond motifs is 2. The molecular weight excluding hydrogens is 296 g/mol. The number of aliphatic carboxylic acids is 1. The van der Waals surface area contributed by atoms with Crippen LogP contribution in [-0.4, -0.2) is 16.2 Å². The highest BCUT2D eigenvalue weighted by Gasteiger charge is 2.23. The van der Waals surface area contributed by atoms with E-state index in [1.807, 2.05) is 25.1 Å². The first-order chi connectivity index (χ1) is 10.5. The lowest BCUT2D eigenvalue weighted by Gasteiger charge is -2.15. The van der Waals surface area contributed by atoms with E-state index in [1.165, 1.54) is 5.56 Å². The van der Waals surface area contributed by atoms with Gasteiger partial charge in [-0.05, 0) is 42.7 Å². The summed E-state index contributed by atoms with van der Waals surface area (Å²) in [5.41, 5.74) is 3.87. The smallest absolute Gasteiger partial charge is 0.310 e. The van der Waals surface area contributed by atoms with Gasteiger partial charge >= 0.3 is 5.97 Å². The Kier molecular flexibility index (Phi) is 3.98. The summed E-state index contributed by atoms with van der Waals surface area (Å²) >= 11 is 1.64. The third-order valence-electron chi connectivity index (χ3n) is 4.11. The minimum atomic E-state index is -0.852. The summed E-state index contributed by atoms with van der Waals surface area (Å²) in [6.07, 6.45) is -0.0476. The van der Waals surface area contributed by atoms with E-state index in [-0.39, 0.29) is 0 Å². The molecule has 2 atom stereocenters. The van der Waals surface area contributed by atoms with Crippen LogP contribution >= 0.6 is 11.8 Å². The van der Waals surface area contributed by atoms with Gasteiger partial charge in [-0.15, -0.1) is 0 Å². The highest BCUT2D eigenvalue weighted by molar-refractivity contribution is 7.99. The van der Waals surface area contributed by atoms with E-state index in [2.05, 4.69) is 18.2 Å². The number of hydrogen-bond donors (Lipinski definition) is 2. The predicted octanol–water partition coefficient (Wildman–Crippen LogP) is 3.92. The molecule has 0 unspecified atom stereocenters. The minimum Gasteiger partial charge on any atom is -0.481 e. The van der Waals surface area contributed by atoms with Gasteiger partial charge in [0.05, 0.1) is 12.0 Å². The maximum atomic E-state index is 11.2. The first-order valence-electron chi connectivity index (χ1n) is 7.28. The predicted molar refractivity (Wildman–Crippen MR) is 86.5 cm³/mol. The Hall–Kier alpha value is -1.78. The van der Waals surface area contributed by atoms with Gasteiger partial charge < -0.3 is 10.2 Å². The molecule has 2 aromatic carbocycles. The van der Waals surface area contributed by atoms with Gasteiger partial charge in [-0.1, -0.05) is 41.6 Å². The zero-order chi connectivity index (χ0) is 15.9. The van der Waals surface area contributed by atoms with Gasteiger partial charge in [-0.2, -0.15) is 0 Å². The van der Waals surface area contributed by atoms with E-state index in [9.17, 15) is 9.90 Å². The zero-order valence-corrected chi connectivity index (χ0v) is 13.4. The van der Waals surface area contributed by atoms with Gasteiger partial charge in [-0.3, -0.25) is 4.79 Å². The van der Waals surface area contributed by atoms with E-state index in [0.717, 1.165) is 26.5 Å². The molecule has 22 heavy (non-hydrogen) atoms. The monoisotopic (exact) mass is 314 g/mol. The normalized spacial score (nSPS) is 18.0. The van der Waals surface area contributed by atoms with Crippen LogP contribution in [0.4, 0.5) is 0 Å². The summed E-state index contributed by atoms with van der Waals surface area (Å²) in [6.45, 7) is 3.71. The second-order valence-electron chi connectivity index (χ2n) is 5.79. The van der Waals surface area contributed by atoms with E-state index in [1.54, 1.807) is 18.7 Å². The lowest BCUT2D eigenvalue weighted by molar-refractivity contribution is -0.138. The van der Waals surface area contributed by atoms with Crippen molar-refractivity contribution in [3.8, 4) is 0 Å². The maximum absolute atomic E-state index is 11.2. The Labute approximate surface area is 134 Å². The lowest BCUT2D eigenvalue weighted by Crippen LogP contribution is -2.09. The molecule has 0 fully saturated rings. The van der Waals surface area contributed by atoms with Crippen LogP contribution in [0.2, 0.25) is 0 Å². The summed E-state index contributed by atoms with van der Waals surface area (Å²) in [4.78, 5) is 13.3. The van der Waals surface area contributed by atoms with Crippen molar-refractivity contribution in [2.24, 2.45) is 0 Å². The Balaban J connectivity index is 2.04. The first kappa shape index (κ1) is 15.1. The number of aryl methyl sites for hydroxylation is 1. The molecule has 0 amide bonds. The summed E-state index contributed by atoms with van der Waals surface area (Å²) in [6, 6.07) is 11.9. The molecule has 0 spiro atoms. The van der Waals surface area contributed by atoms with E-state index in [0.29, 0.717) is 6.42 Å². The number of rotatable bonds is 2. The molecule has 2 aromatic rings. The summed E-state index contributed by atoms with van der Waals surface area (Å²) in [7, 11) is 0. The van der Waals surface area contributed by atoms with Gasteiger partial charge in [0.15, 0.2) is 0 Å². The molecule has 1 heterocycles. The first-order valence-corrected chi connectivity index (χ1v) is 8.09. The molecule has 1 aliphatic rings. The zero-order valence-electron chi connectivity index (χ0n) is 12.5. The van der Waals surface area contributed by atoms with E-state index < -0.39 is 18.0 Å². The second-order valence-corrected chi connectivity index (χ2v) is 6.87. The van der Waals surface area contributed by atoms with Crippen molar-refractivity contribution < 1.29 is 15.0 Å². The Bertz CT molecular complexity index is 739. The Morgan fingerprint density at radius 3 is 2.68 bits per heavy atom. The third-order valence-corrected chi connectivity index (χ3v) is 5.32. The molecule has 0 saturated heterocycles. The molecular formula is C18H18O3S. The van der Waals surface area contributed by atoms with E-state index in [4.69, 9.17) is 5.11 Å². The van der Waals surface area contributed by atoms with Crippen molar-refractivity contribution >= 4 is 17.7 Å². The van der Waals surface area contributed by atoms with Crippen LogP contribution in [0.25, 0.3) is 0 Å². The molecule has 1 aliphatic heterocycles. The topological polar surface area (TPSA) is 57.5 Å². The van der Waals surface area contributed by atoms with Gasteiger partial charge in [0.25, 0.3) is 0 Å². The largest absolute Gasteiger partial charge is 0.481 e. The number of aliphatic hydroxyl groups excluding tert-OH is 1. The van der Waals surface area contributed by atoms with Crippen LogP contribution in [0.15, 0.2) is 46.2 Å². The van der Waals surface area contributed by atoms with Crippen LogP contribution in [-0.2, 0) is 11.2 Å². The van der Waals surface area contributed by atoms with Gasteiger partial charge in [-0.25, -0.2) is 0 Å². The number of carbonyl (C=O) groups is 1. The quantitative estimate of drug-likeness (QED) is 0.882. The molecule has 2 N–H and O–H groups in total. The Morgan fingerprint density at radius 2 is 1.95 bits per heavy atom. The molecule has 0 aliphatic carbocycles. The summed E-state index contributed by atoms with van der Waals surface area (Å²) < 4.78 is 0. The van der Waals surface area contributed by atoms with Crippen molar-refractivity contribution in [2.75, 3.05) is 0 Å². The van der Waals surface area contributed by atoms with Gasteiger partial charge in [0.2, 0.25) is 0 Å². The molecule has 0 aromatic heterocycles. The van der Waals surface area contributed by atoms with Crippen molar-refractivity contribution in [1.29, 1.82) is 0 Å².